The maximum absolute atomic E-state index is 12.4. The highest BCUT2D eigenvalue weighted by atomic mass is 35.7. The van der Waals surface area contributed by atoms with Crippen molar-refractivity contribution in [2.45, 2.75) is 109 Å². The summed E-state index contributed by atoms with van der Waals surface area (Å²) in [5.74, 6) is -2.04. The van der Waals surface area contributed by atoms with Crippen molar-refractivity contribution in [3.63, 3.8) is 0 Å². The second-order valence-electron chi connectivity index (χ2n) is 14.0. The second-order valence-corrected chi connectivity index (χ2v) is 24.3. The van der Waals surface area contributed by atoms with E-state index in [0.717, 1.165) is 16.4 Å². The van der Waals surface area contributed by atoms with Crippen molar-refractivity contribution in [1.82, 2.24) is 24.6 Å². The number of sulfonamides is 1. The minimum absolute atomic E-state index is 0.0135. The summed E-state index contributed by atoms with van der Waals surface area (Å²) in [5, 5.41) is 29.2. The van der Waals surface area contributed by atoms with Crippen LogP contribution in [0.2, 0.25) is 0 Å². The Morgan fingerprint density at radius 2 is 1.27 bits per heavy atom. The van der Waals surface area contributed by atoms with E-state index in [1.165, 1.54) is 85.6 Å². The molecule has 2 saturated heterocycles. The molecule has 0 spiro atoms. The minimum Gasteiger partial charge on any atom is -0.480 e. The summed E-state index contributed by atoms with van der Waals surface area (Å²) in [6.45, 7) is 16.9. The molecule has 0 aliphatic carbocycles. The molecule has 63 heavy (non-hydrogen) atoms. The molecule has 20 nitrogen and oxygen atoms in total. The Bertz CT molecular complexity index is 2120. The van der Waals surface area contributed by atoms with Gasteiger partial charge in [0.1, 0.15) is 39.6 Å². The third-order valence-electron chi connectivity index (χ3n) is 7.53. The van der Waals surface area contributed by atoms with Crippen LogP contribution in [0.4, 0.5) is 0 Å². The van der Waals surface area contributed by atoms with Gasteiger partial charge in [0, 0.05) is 68.0 Å². The molecule has 356 valence electrons. The molecule has 2 aliphatic rings. The molecule has 2 aliphatic heterocycles. The van der Waals surface area contributed by atoms with Gasteiger partial charge in [-0.25, -0.2) is 16.8 Å². The molecule has 2 fully saturated rings. The Morgan fingerprint density at radius 3 is 1.49 bits per heavy atom. The molecular formula is C36H55ClN6O14S6. The number of carbonyl (C=O) groups excluding carboxylic acids is 1. The summed E-state index contributed by atoms with van der Waals surface area (Å²) in [6, 6.07) is 6.14. The van der Waals surface area contributed by atoms with Gasteiger partial charge in [0.25, 0.3) is 19.2 Å². The zero-order valence-electron chi connectivity index (χ0n) is 35.6. The number of nitrogens with two attached hydrogens (primary N) is 1. The van der Waals surface area contributed by atoms with Gasteiger partial charge in [-0.1, -0.05) is 20.3 Å². The Labute approximate surface area is 387 Å². The predicted molar refractivity (Wildman–Crippen MR) is 245 cm³/mol. The van der Waals surface area contributed by atoms with E-state index in [1.54, 1.807) is 39.5 Å². The molecule has 3 atom stereocenters. The molecule has 0 amide bonds. The highest BCUT2D eigenvalue weighted by Crippen LogP contribution is 2.42. The van der Waals surface area contributed by atoms with Crippen LogP contribution in [-0.4, -0.2) is 133 Å². The van der Waals surface area contributed by atoms with Crippen LogP contribution in [0, 0.1) is 0 Å². The lowest BCUT2D eigenvalue weighted by molar-refractivity contribution is -0.142. The number of hydrogen-bond acceptors (Lipinski definition) is 18. The highest BCUT2D eigenvalue weighted by Gasteiger charge is 2.51. The van der Waals surface area contributed by atoms with E-state index in [0.29, 0.717) is 0 Å². The third kappa shape index (κ3) is 22.3. The summed E-state index contributed by atoms with van der Waals surface area (Å²) in [6.07, 6.45) is 9.12. The van der Waals surface area contributed by atoms with Crippen LogP contribution < -0.4 is 11.1 Å². The molecular weight excluding hydrogens is 968 g/mol. The smallest absolute Gasteiger partial charge is 0.323 e. The third-order valence-corrected chi connectivity index (χ3v) is 14.6. The van der Waals surface area contributed by atoms with Gasteiger partial charge in [-0.3, -0.25) is 39.2 Å². The normalized spacial score (nSPS) is 18.0. The zero-order valence-corrected chi connectivity index (χ0v) is 41.3. The predicted octanol–water partition coefficient (Wildman–Crippen LogP) is 4.20. The first-order chi connectivity index (χ1) is 28.8. The number of aromatic nitrogens is 3. The van der Waals surface area contributed by atoms with Gasteiger partial charge in [0.2, 0.25) is 10.0 Å². The Kier molecular flexibility index (Phi) is 27.2. The van der Waals surface area contributed by atoms with Gasteiger partial charge in [-0.15, -0.1) is 23.5 Å². The fraction of sp³-hybridized carbons (Fsp3) is 0.472. The molecule has 0 radical (unpaired) electrons. The minimum atomic E-state index is -4.07. The molecule has 5 heterocycles. The Hall–Kier alpha value is -3.44. The largest absolute Gasteiger partial charge is 0.480 e. The summed E-state index contributed by atoms with van der Waals surface area (Å²) in [7, 11) is -6.50. The number of carbonyl (C=O) groups is 4. The van der Waals surface area contributed by atoms with E-state index >= 15 is 0 Å². The van der Waals surface area contributed by atoms with Crippen LogP contribution in [0.1, 0.15) is 61.8 Å². The fourth-order valence-corrected chi connectivity index (χ4v) is 9.66. The fourth-order valence-electron chi connectivity index (χ4n) is 4.31. The SMILES string of the molecule is C=O.CC(C)(S)[C@H](N)C(=O)O.CC1(C)SCN(S(=O)(=O)c2cccnc2)C1C(=O)O.CC1(C)SCN[C@@H]1C(=O)O.CCC.O=S(=O)(Cl)c1cccnc1.O=S(=O)(O)c1cccnc1. The average molecular weight is 1020 g/mol. The average Bonchev–Trinajstić information content (AvgIpc) is 3.74. The lowest BCUT2D eigenvalue weighted by Crippen LogP contribution is -2.48. The van der Waals surface area contributed by atoms with Crippen molar-refractivity contribution in [1.29, 1.82) is 0 Å². The second kappa shape index (κ2) is 27.8. The lowest BCUT2D eigenvalue weighted by atomic mass is 10.0. The van der Waals surface area contributed by atoms with Gasteiger partial charge in [-0.05, 0) is 77.9 Å². The molecule has 7 N–H and O–H groups in total. The molecule has 3 aromatic rings. The summed E-state index contributed by atoms with van der Waals surface area (Å²) >= 11 is 6.94. The van der Waals surface area contributed by atoms with Crippen LogP contribution >= 0.6 is 46.8 Å². The number of hydrogen-bond donors (Lipinski definition) is 7. The van der Waals surface area contributed by atoms with Crippen LogP contribution in [0.5, 0.6) is 0 Å². The number of pyridine rings is 3. The lowest BCUT2D eigenvalue weighted by Gasteiger charge is -2.27. The number of rotatable bonds is 8. The number of thiol groups is 1. The zero-order chi connectivity index (χ0) is 49.6. The summed E-state index contributed by atoms with van der Waals surface area (Å²) in [5.41, 5.74) is 5.22. The first-order valence-corrected chi connectivity index (χ1v) is 25.5. The highest BCUT2D eigenvalue weighted by molar-refractivity contribution is 8.13. The van der Waals surface area contributed by atoms with Gasteiger partial charge < -0.3 is 25.8 Å². The first-order valence-electron chi connectivity index (χ1n) is 17.9. The maximum Gasteiger partial charge on any atom is 0.323 e. The van der Waals surface area contributed by atoms with Crippen molar-refractivity contribution >= 4 is 101 Å². The van der Waals surface area contributed by atoms with E-state index < -0.39 is 74.7 Å². The van der Waals surface area contributed by atoms with E-state index in [-0.39, 0.29) is 25.3 Å². The van der Waals surface area contributed by atoms with Crippen LogP contribution in [0.3, 0.4) is 0 Å². The molecule has 1 unspecified atom stereocenters. The standard InChI is InChI=1S/C11H14N2O4S2.C6H11NO2S.C5H4ClNO2S.C5H5NO3S.C5H11NO2S.C3H8.CH2O/c1-11(2)9(10(14)15)13(7-18-11)19(16,17)8-4-3-5-12-6-8;1-6(2)4(5(8)9)7-3-10-6;6-10(8,9)5-2-1-3-7-4-5;7-10(8,9)5-2-1-3-6-4-5;1-5(2,9)3(6)4(7)8;1-3-2;1-2/h3-6,9H,7H2,1-2H3,(H,14,15);4,7H,3H2,1-2H3,(H,8,9);1-4H;1-4H,(H,7,8,9);3,9H,6H2,1-2H3,(H,7,8);3H2,1-2H3;1H2/t;4-;;;3-;;/m.1..1../s1. The van der Waals surface area contributed by atoms with E-state index in [4.69, 9.17) is 36.0 Å². The maximum atomic E-state index is 12.4. The van der Waals surface area contributed by atoms with Gasteiger partial charge in [0.05, 0.1) is 5.88 Å². The number of carboxylic acid groups (broad SMARTS) is 3. The molecule has 27 heteroatoms. The number of thioether (sulfide) groups is 2. The van der Waals surface area contributed by atoms with Crippen molar-refractivity contribution in [3.05, 3.63) is 73.6 Å². The Morgan fingerprint density at radius 1 is 0.857 bits per heavy atom. The van der Waals surface area contributed by atoms with E-state index in [2.05, 4.69) is 46.7 Å². The Balaban J connectivity index is 0. The van der Waals surface area contributed by atoms with Crippen molar-refractivity contribution < 1.29 is 64.3 Å². The first kappa shape index (κ1) is 61.6. The number of halogens is 1. The number of carboxylic acids is 3. The molecule has 5 rings (SSSR count). The quantitative estimate of drug-likeness (QED) is 0.0944. The van der Waals surface area contributed by atoms with Crippen LogP contribution in [0.15, 0.2) is 88.3 Å². The number of aliphatic carboxylic acids is 3. The number of nitrogens with zero attached hydrogens (tertiary/aromatic N) is 4. The molecule has 3 aromatic heterocycles. The van der Waals surface area contributed by atoms with Crippen LogP contribution in [-0.2, 0) is 48.4 Å². The summed E-state index contributed by atoms with van der Waals surface area (Å²) < 4.78 is 74.7. The monoisotopic (exact) mass is 1020 g/mol. The summed E-state index contributed by atoms with van der Waals surface area (Å²) in [4.78, 5) is 50.8. The van der Waals surface area contributed by atoms with Crippen molar-refractivity contribution in [3.8, 4) is 0 Å². The molecule has 0 bridgehead atoms. The number of nitrogens with one attached hydrogen (secondary N) is 1. The molecule has 0 aromatic carbocycles. The van der Waals surface area contributed by atoms with E-state index in [1.807, 2.05) is 20.6 Å². The molecule has 0 saturated carbocycles. The van der Waals surface area contributed by atoms with Crippen molar-refractivity contribution in [2.75, 3.05) is 11.8 Å². The van der Waals surface area contributed by atoms with Crippen LogP contribution in [0.25, 0.3) is 0 Å². The van der Waals surface area contributed by atoms with Gasteiger partial charge in [0.15, 0.2) is 0 Å². The van der Waals surface area contributed by atoms with Crippen molar-refractivity contribution in [2.24, 2.45) is 5.73 Å². The van der Waals surface area contributed by atoms with E-state index in [9.17, 15) is 44.7 Å². The topological polar surface area (TPSA) is 332 Å². The van der Waals surface area contributed by atoms with Gasteiger partial charge in [-0.2, -0.15) is 25.4 Å². The van der Waals surface area contributed by atoms with Gasteiger partial charge >= 0.3 is 17.9 Å².